The van der Waals surface area contributed by atoms with E-state index in [0.717, 1.165) is 60.9 Å². The lowest BCUT2D eigenvalue weighted by Crippen LogP contribution is -2.48. The third kappa shape index (κ3) is 4.33. The van der Waals surface area contributed by atoms with Gasteiger partial charge in [-0.25, -0.2) is 0 Å². The van der Waals surface area contributed by atoms with Crippen LogP contribution in [0.2, 0.25) is 0 Å². The molecule has 4 bridgehead atoms. The molecule has 1 N–H and O–H groups in total. The lowest BCUT2D eigenvalue weighted by molar-refractivity contribution is -0.124. The van der Waals surface area contributed by atoms with E-state index in [4.69, 9.17) is 0 Å². The van der Waals surface area contributed by atoms with Crippen LogP contribution in [0.5, 0.6) is 0 Å². The van der Waals surface area contributed by atoms with Gasteiger partial charge in [-0.2, -0.15) is 0 Å². The first-order valence-electron chi connectivity index (χ1n) is 13.0. The zero-order valence-corrected chi connectivity index (χ0v) is 19.9. The minimum absolute atomic E-state index is 0.109. The lowest BCUT2D eigenvalue weighted by atomic mass is 9.49. The van der Waals surface area contributed by atoms with Crippen LogP contribution < -0.4 is 10.2 Å². The maximum Gasteiger partial charge on any atom is 0.253 e. The van der Waals surface area contributed by atoms with Crippen molar-refractivity contribution in [2.75, 3.05) is 36.4 Å². The molecular formula is C29H35N3O2. The Labute approximate surface area is 202 Å². The Bertz CT molecular complexity index is 1010. The summed E-state index contributed by atoms with van der Waals surface area (Å²) in [7, 11) is 0. The molecule has 34 heavy (non-hydrogen) atoms. The molecule has 0 unspecified atom stereocenters. The molecule has 5 heteroatoms. The van der Waals surface area contributed by atoms with Crippen molar-refractivity contribution >= 4 is 23.2 Å². The van der Waals surface area contributed by atoms with Crippen LogP contribution >= 0.6 is 0 Å². The molecule has 2 aromatic carbocycles. The number of benzene rings is 2. The second-order valence-corrected chi connectivity index (χ2v) is 11.3. The van der Waals surface area contributed by atoms with E-state index in [1.54, 1.807) is 0 Å². The molecule has 7 rings (SSSR count). The van der Waals surface area contributed by atoms with Gasteiger partial charge in [-0.05, 0) is 98.1 Å². The van der Waals surface area contributed by atoms with Gasteiger partial charge in [0.25, 0.3) is 5.91 Å². The molecule has 178 valence electrons. The average Bonchev–Trinajstić information content (AvgIpc) is 2.83. The number of piperazine rings is 1. The molecule has 0 radical (unpaired) electrons. The molecule has 5 aliphatic rings. The van der Waals surface area contributed by atoms with E-state index in [2.05, 4.69) is 22.3 Å². The first-order valence-corrected chi connectivity index (χ1v) is 13.0. The molecule has 2 amide bonds. The number of nitrogens with zero attached hydrogens (tertiary/aromatic N) is 2. The van der Waals surface area contributed by atoms with Gasteiger partial charge >= 0.3 is 0 Å². The van der Waals surface area contributed by atoms with E-state index in [1.165, 1.54) is 38.5 Å². The average molecular weight is 458 g/mol. The highest BCUT2D eigenvalue weighted by atomic mass is 16.2. The fraction of sp³-hybridized carbons (Fsp3) is 0.517. The maximum atomic E-state index is 12.9. The van der Waals surface area contributed by atoms with Crippen molar-refractivity contribution in [3.05, 3.63) is 60.2 Å². The Hall–Kier alpha value is -2.82. The van der Waals surface area contributed by atoms with E-state index in [-0.39, 0.29) is 17.2 Å². The Balaban J connectivity index is 1.02. The standard InChI is InChI=1S/C29H35N3O2/c33-27(20-29-17-21-14-22(18-29)16-23(15-21)19-29)30-25-6-8-26(9-7-25)31-10-12-32(13-11-31)28(34)24-4-2-1-3-5-24/h1-9,21-23H,10-20H2,(H,30,33). The van der Waals surface area contributed by atoms with Gasteiger partial charge in [0.15, 0.2) is 0 Å². The molecule has 2 aromatic rings. The summed E-state index contributed by atoms with van der Waals surface area (Å²) in [5.41, 5.74) is 3.06. The smallest absolute Gasteiger partial charge is 0.253 e. The molecule has 4 saturated carbocycles. The van der Waals surface area contributed by atoms with Crippen molar-refractivity contribution in [1.29, 1.82) is 0 Å². The number of amides is 2. The molecular weight excluding hydrogens is 422 g/mol. The van der Waals surface area contributed by atoms with Crippen molar-refractivity contribution in [1.82, 2.24) is 4.90 Å². The highest BCUT2D eigenvalue weighted by molar-refractivity contribution is 5.94. The summed E-state index contributed by atoms with van der Waals surface area (Å²) in [4.78, 5) is 29.9. The molecule has 5 nitrogen and oxygen atoms in total. The van der Waals surface area contributed by atoms with E-state index in [1.807, 2.05) is 47.4 Å². The summed E-state index contributed by atoms with van der Waals surface area (Å²) < 4.78 is 0. The topological polar surface area (TPSA) is 52.7 Å². The number of nitrogens with one attached hydrogen (secondary N) is 1. The number of hydrogen-bond acceptors (Lipinski definition) is 3. The second kappa shape index (κ2) is 8.75. The predicted octanol–water partition coefficient (Wildman–Crippen LogP) is 5.19. The Kier molecular flexibility index (Phi) is 5.59. The number of hydrogen-bond donors (Lipinski definition) is 1. The van der Waals surface area contributed by atoms with Gasteiger partial charge in [0.2, 0.25) is 5.91 Å². The van der Waals surface area contributed by atoms with Crippen molar-refractivity contribution < 1.29 is 9.59 Å². The quantitative estimate of drug-likeness (QED) is 0.672. The molecule has 1 heterocycles. The summed E-state index contributed by atoms with van der Waals surface area (Å²) in [6, 6.07) is 17.7. The summed E-state index contributed by atoms with van der Waals surface area (Å²) in [5.74, 6) is 2.92. The molecule has 1 aliphatic heterocycles. The van der Waals surface area contributed by atoms with Gasteiger partial charge in [-0.1, -0.05) is 18.2 Å². The molecule has 0 spiro atoms. The highest BCUT2D eigenvalue weighted by Gasteiger charge is 2.51. The van der Waals surface area contributed by atoms with Crippen LogP contribution in [0, 0.1) is 23.2 Å². The number of carbonyl (C=O) groups is 2. The van der Waals surface area contributed by atoms with Crippen LogP contribution in [-0.2, 0) is 4.79 Å². The maximum absolute atomic E-state index is 12.9. The number of carbonyl (C=O) groups excluding carboxylic acids is 2. The van der Waals surface area contributed by atoms with Crippen LogP contribution in [0.3, 0.4) is 0 Å². The largest absolute Gasteiger partial charge is 0.368 e. The van der Waals surface area contributed by atoms with E-state index in [9.17, 15) is 9.59 Å². The number of rotatable bonds is 5. The lowest BCUT2D eigenvalue weighted by Gasteiger charge is -2.56. The monoisotopic (exact) mass is 457 g/mol. The van der Waals surface area contributed by atoms with Crippen LogP contribution in [0.1, 0.15) is 55.3 Å². The predicted molar refractivity (Wildman–Crippen MR) is 135 cm³/mol. The minimum Gasteiger partial charge on any atom is -0.368 e. The first kappa shape index (κ1) is 21.7. The van der Waals surface area contributed by atoms with Crippen molar-refractivity contribution in [2.24, 2.45) is 23.2 Å². The van der Waals surface area contributed by atoms with Crippen molar-refractivity contribution in [2.45, 2.75) is 44.9 Å². The van der Waals surface area contributed by atoms with E-state index < -0.39 is 0 Å². The third-order valence-electron chi connectivity index (χ3n) is 8.80. The zero-order chi connectivity index (χ0) is 23.1. The van der Waals surface area contributed by atoms with Crippen molar-refractivity contribution in [3.63, 3.8) is 0 Å². The highest BCUT2D eigenvalue weighted by Crippen LogP contribution is 2.61. The molecule has 0 aromatic heterocycles. The summed E-state index contributed by atoms with van der Waals surface area (Å²) in [5, 5.41) is 3.18. The molecule has 5 fully saturated rings. The van der Waals surface area contributed by atoms with Crippen LogP contribution in [0.4, 0.5) is 11.4 Å². The molecule has 4 aliphatic carbocycles. The van der Waals surface area contributed by atoms with Gasteiger partial charge in [0, 0.05) is 49.5 Å². The minimum atomic E-state index is 0.109. The number of anilines is 2. The third-order valence-corrected chi connectivity index (χ3v) is 8.80. The molecule has 0 atom stereocenters. The van der Waals surface area contributed by atoms with Gasteiger partial charge in [-0.3, -0.25) is 9.59 Å². The Morgan fingerprint density at radius 1 is 0.794 bits per heavy atom. The summed E-state index contributed by atoms with van der Waals surface area (Å²) in [6.07, 6.45) is 8.74. The van der Waals surface area contributed by atoms with Crippen LogP contribution in [-0.4, -0.2) is 42.9 Å². The second-order valence-electron chi connectivity index (χ2n) is 11.3. The van der Waals surface area contributed by atoms with E-state index >= 15 is 0 Å². The van der Waals surface area contributed by atoms with Crippen LogP contribution in [0.15, 0.2) is 54.6 Å². The zero-order valence-electron chi connectivity index (χ0n) is 19.9. The van der Waals surface area contributed by atoms with Gasteiger partial charge < -0.3 is 15.1 Å². The van der Waals surface area contributed by atoms with Gasteiger partial charge in [0.1, 0.15) is 0 Å². The van der Waals surface area contributed by atoms with Crippen LogP contribution in [0.25, 0.3) is 0 Å². The van der Waals surface area contributed by atoms with E-state index in [0.29, 0.717) is 6.42 Å². The Morgan fingerprint density at radius 3 is 1.97 bits per heavy atom. The fourth-order valence-electron chi connectivity index (χ4n) is 7.74. The summed E-state index contributed by atoms with van der Waals surface area (Å²) in [6.45, 7) is 3.07. The first-order chi connectivity index (χ1) is 16.6. The molecule has 1 saturated heterocycles. The summed E-state index contributed by atoms with van der Waals surface area (Å²) >= 11 is 0. The Morgan fingerprint density at radius 2 is 1.38 bits per heavy atom. The van der Waals surface area contributed by atoms with Gasteiger partial charge in [-0.15, -0.1) is 0 Å². The SMILES string of the molecule is O=C(CC12CC3CC(CC(C3)C1)C2)Nc1ccc(N2CCN(C(=O)c3ccccc3)CC2)cc1. The normalized spacial score (nSPS) is 29.8. The van der Waals surface area contributed by atoms with Gasteiger partial charge in [0.05, 0.1) is 0 Å². The van der Waals surface area contributed by atoms with Crippen molar-refractivity contribution in [3.8, 4) is 0 Å². The fourth-order valence-corrected chi connectivity index (χ4v) is 7.74.